The Morgan fingerprint density at radius 1 is 1.12 bits per heavy atom. The van der Waals surface area contributed by atoms with E-state index in [0.717, 1.165) is 18.3 Å². The first kappa shape index (κ1) is 23.1. The van der Waals surface area contributed by atoms with E-state index in [4.69, 9.17) is 4.74 Å². The summed E-state index contributed by atoms with van der Waals surface area (Å²) in [5.41, 5.74) is 1.11. The molecule has 2 aromatic carbocycles. The van der Waals surface area contributed by atoms with Gasteiger partial charge in [0.15, 0.2) is 5.82 Å². The molecule has 1 aromatic heterocycles. The SMILES string of the molecule is CN(C)CCOc1ccc(NCC(=O)Nc2ccc(F)cc2F)cc1-c1c(F)cnn1C. The zero-order valence-corrected chi connectivity index (χ0v) is 18.0. The number of anilines is 2. The number of hydrogen-bond acceptors (Lipinski definition) is 5. The van der Waals surface area contributed by atoms with Gasteiger partial charge in [-0.2, -0.15) is 5.10 Å². The molecule has 0 radical (unpaired) electrons. The van der Waals surface area contributed by atoms with Crippen LogP contribution in [0.15, 0.2) is 42.6 Å². The van der Waals surface area contributed by atoms with E-state index in [0.29, 0.717) is 36.2 Å². The highest BCUT2D eigenvalue weighted by Gasteiger charge is 2.17. The average molecular weight is 447 g/mol. The fourth-order valence-electron chi connectivity index (χ4n) is 2.97. The Hall–Kier alpha value is -3.53. The molecule has 3 rings (SSSR count). The first-order valence-electron chi connectivity index (χ1n) is 9.83. The topological polar surface area (TPSA) is 71.4 Å². The third-order valence-electron chi connectivity index (χ3n) is 4.58. The summed E-state index contributed by atoms with van der Waals surface area (Å²) in [7, 11) is 5.45. The fourth-order valence-corrected chi connectivity index (χ4v) is 2.97. The van der Waals surface area contributed by atoms with Gasteiger partial charge in [-0.3, -0.25) is 9.48 Å². The molecule has 7 nitrogen and oxygen atoms in total. The molecule has 1 heterocycles. The highest BCUT2D eigenvalue weighted by atomic mass is 19.1. The molecule has 32 heavy (non-hydrogen) atoms. The summed E-state index contributed by atoms with van der Waals surface area (Å²) in [6.07, 6.45) is 1.11. The summed E-state index contributed by atoms with van der Waals surface area (Å²) in [5, 5.41) is 9.22. The molecule has 3 aromatic rings. The van der Waals surface area contributed by atoms with E-state index in [1.165, 1.54) is 4.68 Å². The number of aryl methyl sites for hydroxylation is 1. The van der Waals surface area contributed by atoms with Gasteiger partial charge in [0.05, 0.1) is 18.4 Å². The molecule has 0 aliphatic carbocycles. The first-order chi connectivity index (χ1) is 15.2. The van der Waals surface area contributed by atoms with Crippen molar-refractivity contribution in [2.75, 3.05) is 44.4 Å². The Morgan fingerprint density at radius 3 is 2.56 bits per heavy atom. The van der Waals surface area contributed by atoms with E-state index in [2.05, 4.69) is 15.7 Å². The molecule has 0 saturated carbocycles. The van der Waals surface area contributed by atoms with Gasteiger partial charge in [0.25, 0.3) is 0 Å². The molecule has 0 aliphatic rings. The van der Waals surface area contributed by atoms with Gasteiger partial charge in [0.1, 0.15) is 29.7 Å². The second-order valence-corrected chi connectivity index (χ2v) is 7.35. The number of nitrogens with one attached hydrogen (secondary N) is 2. The lowest BCUT2D eigenvalue weighted by molar-refractivity contribution is -0.114. The van der Waals surface area contributed by atoms with Crippen molar-refractivity contribution in [3.05, 3.63) is 60.0 Å². The van der Waals surface area contributed by atoms with Crippen LogP contribution in [-0.4, -0.2) is 54.4 Å². The van der Waals surface area contributed by atoms with E-state index >= 15 is 0 Å². The van der Waals surface area contributed by atoms with Crippen LogP contribution in [-0.2, 0) is 11.8 Å². The summed E-state index contributed by atoms with van der Waals surface area (Å²) in [5.74, 6) is -2.17. The van der Waals surface area contributed by atoms with Crippen LogP contribution in [0.2, 0.25) is 0 Å². The van der Waals surface area contributed by atoms with Crippen molar-refractivity contribution in [2.24, 2.45) is 7.05 Å². The van der Waals surface area contributed by atoms with Crippen molar-refractivity contribution in [2.45, 2.75) is 0 Å². The molecule has 0 aliphatic heterocycles. The molecule has 0 spiro atoms. The molecule has 1 amide bonds. The fraction of sp³-hybridized carbons (Fsp3) is 0.273. The second-order valence-electron chi connectivity index (χ2n) is 7.35. The summed E-state index contributed by atoms with van der Waals surface area (Å²) >= 11 is 0. The van der Waals surface area contributed by atoms with Gasteiger partial charge in [-0.15, -0.1) is 0 Å². The van der Waals surface area contributed by atoms with Crippen molar-refractivity contribution < 1.29 is 22.7 Å². The number of amides is 1. The number of hydrogen-bond donors (Lipinski definition) is 2. The summed E-state index contributed by atoms with van der Waals surface area (Å²) in [4.78, 5) is 14.1. The van der Waals surface area contributed by atoms with E-state index in [9.17, 15) is 18.0 Å². The molecule has 170 valence electrons. The number of ether oxygens (including phenoxy) is 1. The first-order valence-corrected chi connectivity index (χ1v) is 9.83. The highest BCUT2D eigenvalue weighted by molar-refractivity contribution is 5.94. The minimum absolute atomic E-state index is 0.125. The molecule has 0 bridgehead atoms. The minimum Gasteiger partial charge on any atom is -0.492 e. The van der Waals surface area contributed by atoms with Gasteiger partial charge in [-0.1, -0.05) is 0 Å². The lowest BCUT2D eigenvalue weighted by Crippen LogP contribution is -2.22. The van der Waals surface area contributed by atoms with Crippen LogP contribution < -0.4 is 15.4 Å². The molecule has 0 atom stereocenters. The van der Waals surface area contributed by atoms with Gasteiger partial charge >= 0.3 is 0 Å². The van der Waals surface area contributed by atoms with E-state index in [1.54, 1.807) is 25.2 Å². The number of carbonyl (C=O) groups is 1. The summed E-state index contributed by atoms with van der Waals surface area (Å²) in [6, 6.07) is 7.90. The summed E-state index contributed by atoms with van der Waals surface area (Å²) in [6.45, 7) is 0.885. The zero-order chi connectivity index (χ0) is 23.3. The number of halogens is 3. The second kappa shape index (κ2) is 10.2. The van der Waals surface area contributed by atoms with Gasteiger partial charge < -0.3 is 20.3 Å². The van der Waals surface area contributed by atoms with Crippen LogP contribution in [0.4, 0.5) is 24.5 Å². The molecule has 0 saturated heterocycles. The molecule has 0 fully saturated rings. The quantitative estimate of drug-likeness (QED) is 0.526. The van der Waals surface area contributed by atoms with Crippen LogP contribution in [0.25, 0.3) is 11.3 Å². The Bertz CT molecular complexity index is 1080. The maximum absolute atomic E-state index is 14.4. The smallest absolute Gasteiger partial charge is 0.243 e. The Labute approximate surface area is 183 Å². The molecule has 2 N–H and O–H groups in total. The van der Waals surface area contributed by atoms with E-state index in [1.807, 2.05) is 19.0 Å². The Kier molecular flexibility index (Phi) is 7.37. The van der Waals surface area contributed by atoms with Gasteiger partial charge in [0.2, 0.25) is 5.91 Å². The van der Waals surface area contributed by atoms with E-state index in [-0.39, 0.29) is 17.9 Å². The number of nitrogens with zero attached hydrogens (tertiary/aromatic N) is 3. The number of rotatable bonds is 9. The van der Waals surface area contributed by atoms with Crippen LogP contribution in [0.3, 0.4) is 0 Å². The lowest BCUT2D eigenvalue weighted by atomic mass is 10.1. The largest absolute Gasteiger partial charge is 0.492 e. The van der Waals surface area contributed by atoms with Crippen LogP contribution in [0, 0.1) is 17.5 Å². The van der Waals surface area contributed by atoms with Crippen LogP contribution >= 0.6 is 0 Å². The number of carbonyl (C=O) groups excluding carboxylic acids is 1. The van der Waals surface area contributed by atoms with Crippen LogP contribution in [0.1, 0.15) is 0 Å². The van der Waals surface area contributed by atoms with Gasteiger partial charge in [-0.25, -0.2) is 13.2 Å². The van der Waals surface area contributed by atoms with Crippen LogP contribution in [0.5, 0.6) is 5.75 Å². The van der Waals surface area contributed by atoms with Crippen molar-refractivity contribution in [3.63, 3.8) is 0 Å². The lowest BCUT2D eigenvalue weighted by Gasteiger charge is -2.16. The summed E-state index contributed by atoms with van der Waals surface area (Å²) < 4.78 is 48.3. The monoisotopic (exact) mass is 447 g/mol. The third kappa shape index (κ3) is 5.79. The third-order valence-corrected chi connectivity index (χ3v) is 4.58. The minimum atomic E-state index is -0.869. The molecule has 0 unspecified atom stereocenters. The standard InChI is InChI=1S/C22H24F3N5O2/c1-29(2)8-9-32-20-7-5-15(11-16(20)22-18(25)12-27-30(22)3)26-13-21(31)28-19-6-4-14(23)10-17(19)24/h4-7,10-12,26H,8-9,13H2,1-3H3,(H,28,31). The highest BCUT2D eigenvalue weighted by Crippen LogP contribution is 2.34. The number of benzene rings is 2. The predicted octanol–water partition coefficient (Wildman–Crippen LogP) is 3.50. The van der Waals surface area contributed by atoms with Crippen molar-refractivity contribution >= 4 is 17.3 Å². The van der Waals surface area contributed by atoms with Gasteiger partial charge in [0, 0.05) is 30.9 Å². The Morgan fingerprint density at radius 2 is 1.91 bits per heavy atom. The zero-order valence-electron chi connectivity index (χ0n) is 18.0. The van der Waals surface area contributed by atoms with Gasteiger partial charge in [-0.05, 0) is 44.4 Å². The molecular formula is C22H24F3N5O2. The maximum atomic E-state index is 14.4. The normalized spacial score (nSPS) is 11.0. The van der Waals surface area contributed by atoms with Crippen molar-refractivity contribution in [1.29, 1.82) is 0 Å². The Balaban J connectivity index is 1.75. The maximum Gasteiger partial charge on any atom is 0.243 e. The molecule has 10 heteroatoms. The molecular weight excluding hydrogens is 423 g/mol. The average Bonchev–Trinajstić information content (AvgIpc) is 3.07. The number of aromatic nitrogens is 2. The van der Waals surface area contributed by atoms with Crippen molar-refractivity contribution in [3.8, 4) is 17.0 Å². The van der Waals surface area contributed by atoms with Crippen molar-refractivity contribution in [1.82, 2.24) is 14.7 Å². The van der Waals surface area contributed by atoms with E-state index < -0.39 is 23.4 Å². The number of likely N-dealkylation sites (N-methyl/N-ethyl adjacent to an activating group) is 1. The predicted molar refractivity (Wildman–Crippen MR) is 116 cm³/mol.